The summed E-state index contributed by atoms with van der Waals surface area (Å²) < 4.78 is 11.2. The van der Waals surface area contributed by atoms with Gasteiger partial charge in [0.1, 0.15) is 23.0 Å². The quantitative estimate of drug-likeness (QED) is 0.207. The van der Waals surface area contributed by atoms with Gasteiger partial charge in [-0.2, -0.15) is 0 Å². The lowest BCUT2D eigenvalue weighted by Crippen LogP contribution is -2.29. The van der Waals surface area contributed by atoms with Gasteiger partial charge in [0.15, 0.2) is 0 Å². The molecule has 1 amide bonds. The fraction of sp³-hybridized carbons (Fsp3) is 0.100. The zero-order chi connectivity index (χ0) is 25.9. The van der Waals surface area contributed by atoms with E-state index in [1.807, 2.05) is 31.2 Å². The summed E-state index contributed by atoms with van der Waals surface area (Å²) in [6.07, 6.45) is 3.19. The number of amides is 1. The number of aromatic nitrogens is 1. The average molecular weight is 493 g/mol. The molecule has 0 spiro atoms. The van der Waals surface area contributed by atoms with Crippen LogP contribution in [-0.4, -0.2) is 28.9 Å². The first-order chi connectivity index (χ1) is 18.0. The van der Waals surface area contributed by atoms with Gasteiger partial charge in [-0.05, 0) is 72.6 Å². The van der Waals surface area contributed by atoms with Crippen LogP contribution in [0.25, 0.3) is 5.76 Å². The number of benzene rings is 3. The van der Waals surface area contributed by atoms with Crippen LogP contribution in [0.15, 0.2) is 103 Å². The van der Waals surface area contributed by atoms with E-state index in [1.54, 1.807) is 73.1 Å². The van der Waals surface area contributed by atoms with Crippen LogP contribution in [-0.2, 0) is 9.59 Å². The number of pyridine rings is 1. The van der Waals surface area contributed by atoms with E-state index in [0.717, 1.165) is 5.56 Å². The van der Waals surface area contributed by atoms with Gasteiger partial charge in [0, 0.05) is 23.6 Å². The molecule has 184 valence electrons. The van der Waals surface area contributed by atoms with E-state index in [4.69, 9.17) is 9.47 Å². The van der Waals surface area contributed by atoms with Gasteiger partial charge in [-0.25, -0.2) is 0 Å². The molecule has 0 aliphatic carbocycles. The number of aryl methyl sites for hydroxylation is 1. The van der Waals surface area contributed by atoms with Crippen molar-refractivity contribution in [3.63, 3.8) is 0 Å². The highest BCUT2D eigenvalue weighted by Crippen LogP contribution is 2.42. The summed E-state index contributed by atoms with van der Waals surface area (Å²) in [5.74, 6) is -0.0181. The molecule has 1 fully saturated rings. The third kappa shape index (κ3) is 4.67. The van der Waals surface area contributed by atoms with Gasteiger partial charge < -0.3 is 14.6 Å². The van der Waals surface area contributed by atoms with Gasteiger partial charge in [0.2, 0.25) is 0 Å². The van der Waals surface area contributed by atoms with Crippen LogP contribution in [0.3, 0.4) is 0 Å². The fourth-order valence-electron chi connectivity index (χ4n) is 4.37. The van der Waals surface area contributed by atoms with Crippen molar-refractivity contribution in [3.05, 3.63) is 120 Å². The number of nitrogens with zero attached hydrogens (tertiary/aromatic N) is 2. The monoisotopic (exact) mass is 492 g/mol. The lowest BCUT2D eigenvalue weighted by Gasteiger charge is -2.25. The Labute approximate surface area is 214 Å². The lowest BCUT2D eigenvalue weighted by atomic mass is 9.96. The molecule has 1 atom stereocenters. The second kappa shape index (κ2) is 9.99. The van der Waals surface area contributed by atoms with Crippen molar-refractivity contribution in [1.29, 1.82) is 0 Å². The van der Waals surface area contributed by atoms with Crippen molar-refractivity contribution in [3.8, 4) is 17.2 Å². The molecule has 0 radical (unpaired) electrons. The highest BCUT2D eigenvalue weighted by molar-refractivity contribution is 6.51. The number of ketones is 1. The molecule has 1 aliphatic heterocycles. The van der Waals surface area contributed by atoms with Crippen LogP contribution < -0.4 is 14.4 Å². The number of rotatable bonds is 6. The summed E-state index contributed by atoms with van der Waals surface area (Å²) in [4.78, 5) is 32.2. The predicted molar refractivity (Wildman–Crippen MR) is 140 cm³/mol. The minimum atomic E-state index is -0.872. The van der Waals surface area contributed by atoms with E-state index < -0.39 is 17.7 Å². The molecule has 7 nitrogen and oxygen atoms in total. The third-order valence-corrected chi connectivity index (χ3v) is 6.13. The van der Waals surface area contributed by atoms with Crippen molar-refractivity contribution >= 4 is 23.1 Å². The molecule has 7 heteroatoms. The third-order valence-electron chi connectivity index (χ3n) is 6.13. The Bertz CT molecular complexity index is 1500. The maximum absolute atomic E-state index is 13.3. The maximum atomic E-state index is 13.3. The normalized spacial score (nSPS) is 16.6. The van der Waals surface area contributed by atoms with Crippen LogP contribution in [0.2, 0.25) is 0 Å². The Morgan fingerprint density at radius 3 is 2.35 bits per heavy atom. The molecular formula is C30H24N2O5. The van der Waals surface area contributed by atoms with E-state index in [0.29, 0.717) is 34.1 Å². The Morgan fingerprint density at radius 2 is 1.65 bits per heavy atom. The average Bonchev–Trinajstić information content (AvgIpc) is 3.19. The topological polar surface area (TPSA) is 89.0 Å². The Kier molecular flexibility index (Phi) is 6.43. The van der Waals surface area contributed by atoms with Crippen LogP contribution in [0.4, 0.5) is 5.69 Å². The second-order valence-corrected chi connectivity index (χ2v) is 8.60. The molecule has 3 aromatic carbocycles. The van der Waals surface area contributed by atoms with Gasteiger partial charge in [-0.15, -0.1) is 0 Å². The summed E-state index contributed by atoms with van der Waals surface area (Å²) in [7, 11) is 1.51. The maximum Gasteiger partial charge on any atom is 0.300 e. The SMILES string of the molecule is COc1cccc(/C(O)=C2/C(=O)C(=O)N(c3ccc(Oc4cccc(C)c4)cc3)C2c2cccnc2)c1. The largest absolute Gasteiger partial charge is 0.507 e. The number of anilines is 1. The first-order valence-corrected chi connectivity index (χ1v) is 11.7. The number of methoxy groups -OCH3 is 1. The molecule has 0 saturated carbocycles. The molecule has 37 heavy (non-hydrogen) atoms. The van der Waals surface area contributed by atoms with Gasteiger partial charge >= 0.3 is 0 Å². The van der Waals surface area contributed by atoms with Crippen LogP contribution >= 0.6 is 0 Å². The van der Waals surface area contributed by atoms with Crippen LogP contribution in [0, 0.1) is 6.92 Å². The van der Waals surface area contributed by atoms with Crippen LogP contribution in [0.1, 0.15) is 22.7 Å². The zero-order valence-electron chi connectivity index (χ0n) is 20.3. The molecule has 1 aromatic heterocycles. The Balaban J connectivity index is 1.56. The summed E-state index contributed by atoms with van der Waals surface area (Å²) in [6.45, 7) is 1.98. The Morgan fingerprint density at radius 1 is 0.892 bits per heavy atom. The molecule has 5 rings (SSSR count). The summed E-state index contributed by atoms with van der Waals surface area (Å²) in [6, 6.07) is 23.9. The highest BCUT2D eigenvalue weighted by atomic mass is 16.5. The number of hydrogen-bond acceptors (Lipinski definition) is 6. The molecule has 1 saturated heterocycles. The second-order valence-electron chi connectivity index (χ2n) is 8.60. The lowest BCUT2D eigenvalue weighted by molar-refractivity contribution is -0.132. The zero-order valence-corrected chi connectivity index (χ0v) is 20.3. The smallest absolute Gasteiger partial charge is 0.300 e. The van der Waals surface area contributed by atoms with E-state index >= 15 is 0 Å². The van der Waals surface area contributed by atoms with Crippen molar-refractivity contribution < 1.29 is 24.2 Å². The molecule has 2 heterocycles. The van der Waals surface area contributed by atoms with Gasteiger partial charge in [-0.1, -0.05) is 30.3 Å². The molecular weight excluding hydrogens is 468 g/mol. The van der Waals surface area contributed by atoms with Crippen molar-refractivity contribution in [1.82, 2.24) is 4.98 Å². The first-order valence-electron chi connectivity index (χ1n) is 11.7. The fourth-order valence-corrected chi connectivity index (χ4v) is 4.37. The van der Waals surface area contributed by atoms with Gasteiger partial charge in [-0.3, -0.25) is 19.5 Å². The van der Waals surface area contributed by atoms with Gasteiger partial charge in [0.25, 0.3) is 11.7 Å². The number of Topliss-reactive ketones (excluding diaryl/α,β-unsaturated/α-hetero) is 1. The summed E-state index contributed by atoms with van der Waals surface area (Å²) in [5.41, 5.74) is 2.49. The highest BCUT2D eigenvalue weighted by Gasteiger charge is 2.47. The summed E-state index contributed by atoms with van der Waals surface area (Å²) in [5, 5.41) is 11.2. The van der Waals surface area contributed by atoms with E-state index in [1.165, 1.54) is 12.0 Å². The van der Waals surface area contributed by atoms with Crippen LogP contribution in [0.5, 0.6) is 17.2 Å². The first kappa shape index (κ1) is 23.8. The van der Waals surface area contributed by atoms with Crippen molar-refractivity contribution in [2.75, 3.05) is 12.0 Å². The van der Waals surface area contributed by atoms with Crippen molar-refractivity contribution in [2.24, 2.45) is 0 Å². The number of ether oxygens (including phenoxy) is 2. The summed E-state index contributed by atoms with van der Waals surface area (Å²) >= 11 is 0. The molecule has 1 unspecified atom stereocenters. The van der Waals surface area contributed by atoms with E-state index in [-0.39, 0.29) is 11.3 Å². The number of hydrogen-bond donors (Lipinski definition) is 1. The number of aliphatic hydroxyl groups is 1. The number of carbonyl (C=O) groups excluding carboxylic acids is 2. The molecule has 0 bridgehead atoms. The number of carbonyl (C=O) groups is 2. The minimum Gasteiger partial charge on any atom is -0.507 e. The number of aliphatic hydroxyl groups excluding tert-OH is 1. The molecule has 4 aromatic rings. The van der Waals surface area contributed by atoms with Gasteiger partial charge in [0.05, 0.1) is 18.7 Å². The minimum absolute atomic E-state index is 0.0219. The predicted octanol–water partition coefficient (Wildman–Crippen LogP) is 5.82. The van der Waals surface area contributed by atoms with Crippen molar-refractivity contribution in [2.45, 2.75) is 13.0 Å². The van der Waals surface area contributed by atoms with E-state index in [9.17, 15) is 14.7 Å². The molecule has 1 N–H and O–H groups in total. The standard InChI is InChI=1S/C30H24N2O5/c1-19-6-3-10-25(16-19)37-23-13-11-22(12-14-23)32-27(21-8-5-15-31-18-21)26(29(34)30(32)35)28(33)20-7-4-9-24(17-20)36-2/h3-18,27,33H,1-2H3/b28-26-. The Hall–Kier alpha value is -4.91. The van der Waals surface area contributed by atoms with E-state index in [2.05, 4.69) is 4.98 Å². The molecule has 1 aliphatic rings.